The van der Waals surface area contributed by atoms with Gasteiger partial charge in [0, 0.05) is 5.02 Å². The fraction of sp³-hybridized carbons (Fsp3) is 0.133. The molecule has 2 rings (SSSR count). The minimum absolute atomic E-state index is 0.0155. The average Bonchev–Trinajstić information content (AvgIpc) is 2.53. The zero-order chi connectivity index (χ0) is 16.2. The van der Waals surface area contributed by atoms with E-state index in [1.165, 1.54) is 31.4 Å². The van der Waals surface area contributed by atoms with Crippen LogP contribution in [0.2, 0.25) is 5.02 Å². The molecular formula is C15H14ClNO4S. The van der Waals surface area contributed by atoms with Crippen molar-refractivity contribution < 1.29 is 17.9 Å². The maximum atomic E-state index is 12.4. The predicted molar refractivity (Wildman–Crippen MR) is 83.0 cm³/mol. The fourth-order valence-electron chi connectivity index (χ4n) is 1.85. The van der Waals surface area contributed by atoms with Crippen LogP contribution in [0.3, 0.4) is 0 Å². The number of benzene rings is 2. The smallest absolute Gasteiger partial charge is 0.328 e. The highest BCUT2D eigenvalue weighted by molar-refractivity contribution is 7.89. The van der Waals surface area contributed by atoms with Crippen LogP contribution in [0.1, 0.15) is 11.6 Å². The quantitative estimate of drug-likeness (QED) is 0.850. The largest absolute Gasteiger partial charge is 0.468 e. The van der Waals surface area contributed by atoms with Crippen molar-refractivity contribution in [1.29, 1.82) is 0 Å². The van der Waals surface area contributed by atoms with Crippen molar-refractivity contribution in [3.05, 3.63) is 65.2 Å². The summed E-state index contributed by atoms with van der Waals surface area (Å²) in [6.45, 7) is 0. The van der Waals surface area contributed by atoms with Crippen LogP contribution in [0.15, 0.2) is 59.5 Å². The number of carbonyl (C=O) groups excluding carboxylic acids is 1. The van der Waals surface area contributed by atoms with Gasteiger partial charge >= 0.3 is 5.97 Å². The van der Waals surface area contributed by atoms with Crippen molar-refractivity contribution in [2.75, 3.05) is 7.11 Å². The van der Waals surface area contributed by atoms with E-state index in [0.29, 0.717) is 10.6 Å². The highest BCUT2D eigenvalue weighted by Gasteiger charge is 2.27. The Morgan fingerprint density at radius 3 is 2.23 bits per heavy atom. The molecular weight excluding hydrogens is 326 g/mol. The molecule has 0 aliphatic carbocycles. The number of halogens is 1. The van der Waals surface area contributed by atoms with Gasteiger partial charge in [0.15, 0.2) is 0 Å². The number of sulfonamides is 1. The Morgan fingerprint density at radius 1 is 1.09 bits per heavy atom. The first-order valence-electron chi connectivity index (χ1n) is 6.35. The van der Waals surface area contributed by atoms with Gasteiger partial charge in [0.05, 0.1) is 12.0 Å². The Hall–Kier alpha value is -1.89. The first kappa shape index (κ1) is 16.5. The van der Waals surface area contributed by atoms with Crippen LogP contribution in [0, 0.1) is 0 Å². The Balaban J connectivity index is 2.34. The van der Waals surface area contributed by atoms with E-state index >= 15 is 0 Å². The SMILES string of the molecule is COC(=O)[C@@H](NS(=O)(=O)c1ccc(Cl)cc1)c1ccccc1. The first-order valence-corrected chi connectivity index (χ1v) is 8.21. The van der Waals surface area contributed by atoms with E-state index in [2.05, 4.69) is 9.46 Å². The molecule has 0 aliphatic rings. The van der Waals surface area contributed by atoms with E-state index < -0.39 is 22.0 Å². The molecule has 0 amide bonds. The highest BCUT2D eigenvalue weighted by atomic mass is 35.5. The minimum atomic E-state index is -3.89. The molecule has 1 N–H and O–H groups in total. The lowest BCUT2D eigenvalue weighted by molar-refractivity contribution is -0.142. The van der Waals surface area contributed by atoms with Gasteiger partial charge in [-0.05, 0) is 29.8 Å². The number of rotatable bonds is 5. The second-order valence-electron chi connectivity index (χ2n) is 4.44. The van der Waals surface area contributed by atoms with Gasteiger partial charge in [0.25, 0.3) is 0 Å². The molecule has 0 aromatic heterocycles. The lowest BCUT2D eigenvalue weighted by Crippen LogP contribution is -2.34. The van der Waals surface area contributed by atoms with Gasteiger partial charge in [-0.15, -0.1) is 0 Å². The third kappa shape index (κ3) is 3.85. The molecule has 5 nitrogen and oxygen atoms in total. The summed E-state index contributed by atoms with van der Waals surface area (Å²) in [5, 5.41) is 0.423. The molecule has 0 fully saturated rings. The molecule has 0 radical (unpaired) electrons. The number of ether oxygens (including phenoxy) is 1. The fourth-order valence-corrected chi connectivity index (χ4v) is 3.15. The van der Waals surface area contributed by atoms with E-state index in [1.54, 1.807) is 30.3 Å². The molecule has 116 valence electrons. The monoisotopic (exact) mass is 339 g/mol. The van der Waals surface area contributed by atoms with Crippen molar-refractivity contribution in [3.8, 4) is 0 Å². The Bertz CT molecular complexity index is 745. The summed E-state index contributed by atoms with van der Waals surface area (Å²) >= 11 is 5.75. The van der Waals surface area contributed by atoms with Crippen LogP contribution in [-0.2, 0) is 19.6 Å². The molecule has 0 saturated heterocycles. The van der Waals surface area contributed by atoms with Gasteiger partial charge in [-0.3, -0.25) is 0 Å². The number of nitrogens with one attached hydrogen (secondary N) is 1. The van der Waals surface area contributed by atoms with Gasteiger partial charge < -0.3 is 4.74 Å². The lowest BCUT2D eigenvalue weighted by Gasteiger charge is -2.17. The molecule has 0 heterocycles. The lowest BCUT2D eigenvalue weighted by atomic mass is 10.1. The van der Waals surface area contributed by atoms with Gasteiger partial charge in [-0.1, -0.05) is 41.9 Å². The van der Waals surface area contributed by atoms with E-state index in [-0.39, 0.29) is 4.90 Å². The van der Waals surface area contributed by atoms with Crippen LogP contribution >= 0.6 is 11.6 Å². The molecule has 0 aliphatic heterocycles. The summed E-state index contributed by atoms with van der Waals surface area (Å²) in [5.41, 5.74) is 0.492. The summed E-state index contributed by atoms with van der Waals surface area (Å²) in [5.74, 6) is -0.691. The van der Waals surface area contributed by atoms with Crippen LogP contribution in [-0.4, -0.2) is 21.5 Å². The van der Waals surface area contributed by atoms with E-state index in [9.17, 15) is 13.2 Å². The Kier molecular flexibility index (Phi) is 5.18. The summed E-state index contributed by atoms with van der Waals surface area (Å²) < 4.78 is 31.8. The first-order chi connectivity index (χ1) is 10.4. The maximum absolute atomic E-state index is 12.4. The predicted octanol–water partition coefficient (Wildman–Crippen LogP) is 2.53. The molecule has 0 unspecified atom stereocenters. The van der Waals surface area contributed by atoms with Gasteiger partial charge in [0.2, 0.25) is 10.0 Å². The maximum Gasteiger partial charge on any atom is 0.328 e. The summed E-state index contributed by atoms with van der Waals surface area (Å²) in [4.78, 5) is 11.9. The molecule has 2 aromatic rings. The number of carbonyl (C=O) groups is 1. The van der Waals surface area contributed by atoms with Crippen LogP contribution < -0.4 is 4.72 Å². The molecule has 1 atom stereocenters. The number of hydrogen-bond donors (Lipinski definition) is 1. The molecule has 7 heteroatoms. The Labute approximate surface area is 133 Å². The van der Waals surface area contributed by atoms with Crippen molar-refractivity contribution >= 4 is 27.6 Å². The number of methoxy groups -OCH3 is 1. The number of esters is 1. The molecule has 0 saturated carbocycles. The van der Waals surface area contributed by atoms with Gasteiger partial charge in [-0.2, -0.15) is 4.72 Å². The van der Waals surface area contributed by atoms with Crippen LogP contribution in [0.4, 0.5) is 0 Å². The van der Waals surface area contributed by atoms with E-state index in [0.717, 1.165) is 0 Å². The summed E-state index contributed by atoms with van der Waals surface area (Å²) in [6, 6.07) is 13.0. The second kappa shape index (κ2) is 6.91. The molecule has 22 heavy (non-hydrogen) atoms. The van der Waals surface area contributed by atoms with Gasteiger partial charge in [0.1, 0.15) is 6.04 Å². The molecule has 2 aromatic carbocycles. The van der Waals surface area contributed by atoms with Crippen molar-refractivity contribution in [2.45, 2.75) is 10.9 Å². The zero-order valence-corrected chi connectivity index (χ0v) is 13.3. The third-order valence-electron chi connectivity index (χ3n) is 2.97. The molecule has 0 spiro atoms. The topological polar surface area (TPSA) is 72.5 Å². The summed E-state index contributed by atoms with van der Waals surface area (Å²) in [6.07, 6.45) is 0. The standard InChI is InChI=1S/C15H14ClNO4S/c1-21-15(18)14(11-5-3-2-4-6-11)17-22(19,20)13-9-7-12(16)8-10-13/h2-10,14,17H,1H3/t14-/m0/s1. The second-order valence-corrected chi connectivity index (χ2v) is 6.59. The Morgan fingerprint density at radius 2 is 1.68 bits per heavy atom. The van der Waals surface area contributed by atoms with Gasteiger partial charge in [-0.25, -0.2) is 13.2 Å². The molecule has 0 bridgehead atoms. The highest BCUT2D eigenvalue weighted by Crippen LogP contribution is 2.20. The minimum Gasteiger partial charge on any atom is -0.468 e. The zero-order valence-electron chi connectivity index (χ0n) is 11.7. The van der Waals surface area contributed by atoms with Crippen molar-refractivity contribution in [2.24, 2.45) is 0 Å². The van der Waals surface area contributed by atoms with Crippen LogP contribution in [0.5, 0.6) is 0 Å². The third-order valence-corrected chi connectivity index (χ3v) is 4.66. The van der Waals surface area contributed by atoms with Crippen LogP contribution in [0.25, 0.3) is 0 Å². The normalized spacial score (nSPS) is 12.6. The average molecular weight is 340 g/mol. The van der Waals surface area contributed by atoms with Crippen molar-refractivity contribution in [1.82, 2.24) is 4.72 Å². The number of hydrogen-bond acceptors (Lipinski definition) is 4. The van der Waals surface area contributed by atoms with E-state index in [1.807, 2.05) is 0 Å². The van der Waals surface area contributed by atoms with Crippen molar-refractivity contribution in [3.63, 3.8) is 0 Å². The summed E-state index contributed by atoms with van der Waals surface area (Å²) in [7, 11) is -2.69. The van der Waals surface area contributed by atoms with E-state index in [4.69, 9.17) is 11.6 Å².